The number of hydrogen-bond donors (Lipinski definition) is 2. The van der Waals surface area contributed by atoms with Crippen LogP contribution in [0.4, 0.5) is 0 Å². The summed E-state index contributed by atoms with van der Waals surface area (Å²) in [6.07, 6.45) is 5.12. The lowest BCUT2D eigenvalue weighted by Crippen LogP contribution is -2.67. The van der Waals surface area contributed by atoms with Gasteiger partial charge in [-0.2, -0.15) is 0 Å². The molecule has 0 heterocycles. The predicted molar refractivity (Wildman–Crippen MR) is 75.6 cm³/mol. The molecular weight excluding hydrogens is 264 g/mol. The normalized spacial score (nSPS) is 28.9. The maximum Gasteiger partial charge on any atom is 0.212 e. The molecule has 0 saturated heterocycles. The number of rotatable bonds is 8. The molecule has 0 amide bonds. The van der Waals surface area contributed by atoms with Crippen molar-refractivity contribution < 1.29 is 13.2 Å². The first-order chi connectivity index (χ1) is 9.04. The minimum absolute atomic E-state index is 0.159. The van der Waals surface area contributed by atoms with Gasteiger partial charge >= 0.3 is 0 Å². The Hall–Kier alpha value is -0.170. The minimum Gasteiger partial charge on any atom is -0.378 e. The molecule has 0 aromatic rings. The van der Waals surface area contributed by atoms with Gasteiger partial charge in [0.15, 0.2) is 0 Å². The minimum atomic E-state index is -3.10. The lowest BCUT2D eigenvalue weighted by atomic mass is 9.51. The quantitative estimate of drug-likeness (QED) is 0.696. The molecule has 2 N–H and O–H groups in total. The van der Waals surface area contributed by atoms with Crippen LogP contribution in [0, 0.1) is 5.41 Å². The highest BCUT2D eigenvalue weighted by Crippen LogP contribution is 2.57. The fourth-order valence-corrected chi connectivity index (χ4v) is 4.35. The van der Waals surface area contributed by atoms with E-state index in [2.05, 4.69) is 10.0 Å². The molecule has 0 aromatic heterocycles. The Morgan fingerprint density at radius 1 is 1.32 bits per heavy atom. The van der Waals surface area contributed by atoms with Crippen LogP contribution >= 0.6 is 0 Å². The molecule has 2 rings (SSSR count). The maximum atomic E-state index is 11.6. The van der Waals surface area contributed by atoms with E-state index >= 15 is 0 Å². The van der Waals surface area contributed by atoms with Crippen LogP contribution in [-0.4, -0.2) is 46.0 Å². The van der Waals surface area contributed by atoms with Gasteiger partial charge in [-0.1, -0.05) is 13.3 Å². The lowest BCUT2D eigenvalue weighted by Gasteiger charge is -2.61. The molecule has 0 radical (unpaired) electrons. The third kappa shape index (κ3) is 3.12. The van der Waals surface area contributed by atoms with Gasteiger partial charge in [-0.25, -0.2) is 13.1 Å². The Bertz CT molecular complexity index is 393. The van der Waals surface area contributed by atoms with E-state index in [1.165, 1.54) is 19.3 Å². The van der Waals surface area contributed by atoms with Crippen molar-refractivity contribution in [3.8, 4) is 0 Å². The Balaban J connectivity index is 1.76. The first-order valence-corrected chi connectivity index (χ1v) is 9.01. The Labute approximate surface area is 116 Å². The summed E-state index contributed by atoms with van der Waals surface area (Å²) in [6.45, 7) is 5.60. The Kier molecular flexibility index (Phi) is 4.87. The van der Waals surface area contributed by atoms with Crippen molar-refractivity contribution in [1.82, 2.24) is 10.0 Å². The summed E-state index contributed by atoms with van der Waals surface area (Å²) in [5.74, 6) is 0.159. The van der Waals surface area contributed by atoms with Crippen molar-refractivity contribution in [3.05, 3.63) is 0 Å². The average Bonchev–Trinajstić information content (AvgIpc) is 2.24. The molecule has 2 aliphatic rings. The number of nitrogens with one attached hydrogen (secondary N) is 2. The SMILES string of the molecule is CCNS(=O)(=O)CCNC1CC(OCC)C12CCC2. The fraction of sp³-hybridized carbons (Fsp3) is 1.00. The molecule has 19 heavy (non-hydrogen) atoms. The van der Waals surface area contributed by atoms with Gasteiger partial charge in [-0.05, 0) is 26.2 Å². The zero-order valence-corrected chi connectivity index (χ0v) is 12.8. The summed E-state index contributed by atoms with van der Waals surface area (Å²) in [7, 11) is -3.10. The van der Waals surface area contributed by atoms with Crippen LogP contribution in [0.5, 0.6) is 0 Å². The van der Waals surface area contributed by atoms with Gasteiger partial charge in [-0.3, -0.25) is 0 Å². The Morgan fingerprint density at radius 3 is 2.58 bits per heavy atom. The second-order valence-electron chi connectivity index (χ2n) is 5.59. The van der Waals surface area contributed by atoms with Crippen LogP contribution < -0.4 is 10.0 Å². The second-order valence-corrected chi connectivity index (χ2v) is 7.52. The van der Waals surface area contributed by atoms with E-state index in [0.29, 0.717) is 30.7 Å². The summed E-state index contributed by atoms with van der Waals surface area (Å²) in [4.78, 5) is 0. The molecule has 1 spiro atoms. The van der Waals surface area contributed by atoms with E-state index < -0.39 is 10.0 Å². The zero-order valence-electron chi connectivity index (χ0n) is 11.9. The highest BCUT2D eigenvalue weighted by molar-refractivity contribution is 7.89. The van der Waals surface area contributed by atoms with Gasteiger partial charge in [0, 0.05) is 31.2 Å². The van der Waals surface area contributed by atoms with Gasteiger partial charge in [-0.15, -0.1) is 0 Å². The fourth-order valence-electron chi connectivity index (χ4n) is 3.38. The summed E-state index contributed by atoms with van der Waals surface area (Å²) >= 11 is 0. The molecule has 112 valence electrons. The van der Waals surface area contributed by atoms with Gasteiger partial charge < -0.3 is 10.1 Å². The van der Waals surface area contributed by atoms with Gasteiger partial charge in [0.1, 0.15) is 0 Å². The molecule has 0 bridgehead atoms. The molecule has 2 unspecified atom stereocenters. The average molecular weight is 290 g/mol. The third-order valence-electron chi connectivity index (χ3n) is 4.56. The molecule has 2 aliphatic carbocycles. The van der Waals surface area contributed by atoms with Crippen LogP contribution in [0.2, 0.25) is 0 Å². The largest absolute Gasteiger partial charge is 0.378 e. The molecule has 2 atom stereocenters. The topological polar surface area (TPSA) is 67.4 Å². The van der Waals surface area contributed by atoms with Crippen molar-refractivity contribution in [3.63, 3.8) is 0 Å². The van der Waals surface area contributed by atoms with E-state index in [-0.39, 0.29) is 5.75 Å². The molecule has 5 nitrogen and oxygen atoms in total. The van der Waals surface area contributed by atoms with Crippen molar-refractivity contribution in [2.75, 3.05) is 25.4 Å². The summed E-state index contributed by atoms with van der Waals surface area (Å²) in [6, 6.07) is 0.439. The van der Waals surface area contributed by atoms with Gasteiger partial charge in [0.25, 0.3) is 0 Å². The lowest BCUT2D eigenvalue weighted by molar-refractivity contribution is -0.172. The van der Waals surface area contributed by atoms with Crippen LogP contribution in [0.15, 0.2) is 0 Å². The molecular formula is C13H26N2O3S. The standard InChI is InChI=1S/C13H26N2O3S/c1-3-15-19(16,17)9-8-14-11-10-12(18-4-2)13(11)6-5-7-13/h11-12,14-15H,3-10H2,1-2H3. The van der Waals surface area contributed by atoms with E-state index in [0.717, 1.165) is 13.0 Å². The van der Waals surface area contributed by atoms with E-state index in [1.54, 1.807) is 6.92 Å². The number of ether oxygens (including phenoxy) is 1. The second kappa shape index (κ2) is 6.08. The van der Waals surface area contributed by atoms with Gasteiger partial charge in [0.05, 0.1) is 11.9 Å². The van der Waals surface area contributed by atoms with Crippen molar-refractivity contribution in [2.45, 2.75) is 51.7 Å². The van der Waals surface area contributed by atoms with Crippen LogP contribution in [-0.2, 0) is 14.8 Å². The zero-order chi connectivity index (χ0) is 13.9. The van der Waals surface area contributed by atoms with Crippen molar-refractivity contribution in [1.29, 1.82) is 0 Å². The molecule has 2 saturated carbocycles. The highest BCUT2D eigenvalue weighted by atomic mass is 32.2. The summed E-state index contributed by atoms with van der Waals surface area (Å²) in [5, 5.41) is 3.42. The summed E-state index contributed by atoms with van der Waals surface area (Å²) in [5.41, 5.74) is 0.304. The summed E-state index contributed by atoms with van der Waals surface area (Å²) < 4.78 is 31.4. The number of sulfonamides is 1. The van der Waals surface area contributed by atoms with Crippen LogP contribution in [0.3, 0.4) is 0 Å². The van der Waals surface area contributed by atoms with Gasteiger partial charge in [0.2, 0.25) is 10.0 Å². The highest BCUT2D eigenvalue weighted by Gasteiger charge is 2.58. The number of hydrogen-bond acceptors (Lipinski definition) is 4. The monoisotopic (exact) mass is 290 g/mol. The van der Waals surface area contributed by atoms with Crippen molar-refractivity contribution in [2.24, 2.45) is 5.41 Å². The smallest absolute Gasteiger partial charge is 0.212 e. The molecule has 0 aromatic carbocycles. The molecule has 0 aliphatic heterocycles. The van der Waals surface area contributed by atoms with Crippen LogP contribution in [0.1, 0.15) is 39.5 Å². The maximum absolute atomic E-state index is 11.6. The molecule has 2 fully saturated rings. The first kappa shape index (κ1) is 15.2. The van der Waals surface area contributed by atoms with Crippen LogP contribution in [0.25, 0.3) is 0 Å². The molecule has 6 heteroatoms. The predicted octanol–water partition coefficient (Wildman–Crippen LogP) is 0.863. The first-order valence-electron chi connectivity index (χ1n) is 7.36. The third-order valence-corrected chi connectivity index (χ3v) is 6.03. The van der Waals surface area contributed by atoms with E-state index in [1.807, 2.05) is 6.92 Å². The van der Waals surface area contributed by atoms with E-state index in [9.17, 15) is 8.42 Å². The van der Waals surface area contributed by atoms with Crippen molar-refractivity contribution >= 4 is 10.0 Å². The Morgan fingerprint density at radius 2 is 2.05 bits per heavy atom. The van der Waals surface area contributed by atoms with E-state index in [4.69, 9.17) is 4.74 Å².